The van der Waals surface area contributed by atoms with Gasteiger partial charge in [0, 0.05) is 6.04 Å². The molecule has 0 atom stereocenters. The van der Waals surface area contributed by atoms with Gasteiger partial charge in [0.25, 0.3) is 0 Å². The first kappa shape index (κ1) is 11.3. The van der Waals surface area contributed by atoms with Gasteiger partial charge in [0.15, 0.2) is 11.5 Å². The Bertz CT molecular complexity index is 374. The molecule has 16 heavy (non-hydrogen) atoms. The Balaban J connectivity index is 2.04. The molecule has 1 heterocycles. The molecule has 1 aromatic carbocycles. The zero-order valence-electron chi connectivity index (χ0n) is 10.2. The summed E-state index contributed by atoms with van der Waals surface area (Å²) in [6.45, 7) is 7.78. The smallest absolute Gasteiger partial charge is 0.231 e. The SMILES string of the molecule is Cc1cc2c(cc1CCNC(C)C)OCO2. The van der Waals surface area contributed by atoms with Gasteiger partial charge in [-0.3, -0.25) is 0 Å². The van der Waals surface area contributed by atoms with Crippen LogP contribution in [0, 0.1) is 6.92 Å². The van der Waals surface area contributed by atoms with Crippen LogP contribution in [-0.4, -0.2) is 19.4 Å². The summed E-state index contributed by atoms with van der Waals surface area (Å²) in [4.78, 5) is 0. The van der Waals surface area contributed by atoms with E-state index in [2.05, 4.69) is 38.2 Å². The summed E-state index contributed by atoms with van der Waals surface area (Å²) < 4.78 is 10.7. The molecule has 1 aromatic rings. The molecular weight excluding hydrogens is 202 g/mol. The van der Waals surface area contributed by atoms with Gasteiger partial charge in [0.05, 0.1) is 0 Å². The van der Waals surface area contributed by atoms with Crippen molar-refractivity contribution in [2.24, 2.45) is 0 Å². The Morgan fingerprint density at radius 1 is 1.25 bits per heavy atom. The first-order chi connectivity index (χ1) is 7.66. The zero-order valence-corrected chi connectivity index (χ0v) is 10.2. The van der Waals surface area contributed by atoms with Crippen LogP contribution >= 0.6 is 0 Å². The molecule has 0 saturated carbocycles. The van der Waals surface area contributed by atoms with Gasteiger partial charge in [-0.2, -0.15) is 0 Å². The van der Waals surface area contributed by atoms with Crippen molar-refractivity contribution < 1.29 is 9.47 Å². The minimum Gasteiger partial charge on any atom is -0.454 e. The number of nitrogens with one attached hydrogen (secondary N) is 1. The number of ether oxygens (including phenoxy) is 2. The predicted octanol–water partition coefficient (Wildman–Crippen LogP) is 2.26. The van der Waals surface area contributed by atoms with Crippen LogP contribution in [0.4, 0.5) is 0 Å². The molecule has 0 unspecified atom stereocenters. The molecule has 0 bridgehead atoms. The first-order valence-corrected chi connectivity index (χ1v) is 5.79. The highest BCUT2D eigenvalue weighted by atomic mass is 16.7. The average Bonchev–Trinajstić information content (AvgIpc) is 2.64. The van der Waals surface area contributed by atoms with Crippen LogP contribution < -0.4 is 14.8 Å². The van der Waals surface area contributed by atoms with Gasteiger partial charge in [0.1, 0.15) is 0 Å². The lowest BCUT2D eigenvalue weighted by Gasteiger charge is -2.10. The Labute approximate surface area is 96.8 Å². The fraction of sp³-hybridized carbons (Fsp3) is 0.538. The molecule has 0 radical (unpaired) electrons. The lowest BCUT2D eigenvalue weighted by Crippen LogP contribution is -2.25. The van der Waals surface area contributed by atoms with Crippen molar-refractivity contribution in [3.05, 3.63) is 23.3 Å². The molecule has 0 aliphatic carbocycles. The molecule has 1 aliphatic rings. The fourth-order valence-corrected chi connectivity index (χ4v) is 1.85. The van der Waals surface area contributed by atoms with E-state index in [1.807, 2.05) is 0 Å². The average molecular weight is 221 g/mol. The number of benzene rings is 1. The number of fused-ring (bicyclic) bond motifs is 1. The quantitative estimate of drug-likeness (QED) is 0.846. The molecule has 0 aromatic heterocycles. The Morgan fingerprint density at radius 2 is 1.94 bits per heavy atom. The molecule has 3 heteroatoms. The summed E-state index contributed by atoms with van der Waals surface area (Å²) in [7, 11) is 0. The fourth-order valence-electron chi connectivity index (χ4n) is 1.85. The minimum atomic E-state index is 0.350. The number of hydrogen-bond acceptors (Lipinski definition) is 3. The van der Waals surface area contributed by atoms with Crippen molar-refractivity contribution in [1.29, 1.82) is 0 Å². The molecule has 0 saturated heterocycles. The normalized spacial score (nSPS) is 13.5. The topological polar surface area (TPSA) is 30.5 Å². The third-order valence-corrected chi connectivity index (χ3v) is 2.78. The second-order valence-electron chi connectivity index (χ2n) is 4.49. The Hall–Kier alpha value is -1.22. The van der Waals surface area contributed by atoms with Crippen LogP contribution in [-0.2, 0) is 6.42 Å². The van der Waals surface area contributed by atoms with Crippen molar-refractivity contribution in [2.45, 2.75) is 33.2 Å². The highest BCUT2D eigenvalue weighted by molar-refractivity contribution is 5.48. The second kappa shape index (κ2) is 4.74. The van der Waals surface area contributed by atoms with E-state index in [1.54, 1.807) is 0 Å². The summed E-state index contributed by atoms with van der Waals surface area (Å²) in [5, 5.41) is 3.42. The van der Waals surface area contributed by atoms with E-state index >= 15 is 0 Å². The minimum absolute atomic E-state index is 0.350. The zero-order chi connectivity index (χ0) is 11.5. The molecular formula is C13H19NO2. The largest absolute Gasteiger partial charge is 0.454 e. The van der Waals surface area contributed by atoms with Crippen LogP contribution in [0.25, 0.3) is 0 Å². The molecule has 0 amide bonds. The predicted molar refractivity (Wildman–Crippen MR) is 64.1 cm³/mol. The molecule has 0 fully saturated rings. The van der Waals surface area contributed by atoms with Gasteiger partial charge in [-0.1, -0.05) is 13.8 Å². The Kier molecular flexibility index (Phi) is 3.34. The van der Waals surface area contributed by atoms with E-state index in [0.29, 0.717) is 12.8 Å². The molecule has 88 valence electrons. The third-order valence-electron chi connectivity index (χ3n) is 2.78. The van der Waals surface area contributed by atoms with E-state index in [4.69, 9.17) is 9.47 Å². The third kappa shape index (κ3) is 2.47. The van der Waals surface area contributed by atoms with Crippen molar-refractivity contribution in [3.8, 4) is 11.5 Å². The maximum atomic E-state index is 5.38. The van der Waals surface area contributed by atoms with Gasteiger partial charge < -0.3 is 14.8 Å². The van der Waals surface area contributed by atoms with Crippen molar-refractivity contribution in [3.63, 3.8) is 0 Å². The highest BCUT2D eigenvalue weighted by Crippen LogP contribution is 2.34. The van der Waals surface area contributed by atoms with Crippen LogP contribution in [0.2, 0.25) is 0 Å². The van der Waals surface area contributed by atoms with Gasteiger partial charge in [-0.25, -0.2) is 0 Å². The van der Waals surface area contributed by atoms with E-state index < -0.39 is 0 Å². The molecule has 0 spiro atoms. The van der Waals surface area contributed by atoms with Crippen LogP contribution in [0.3, 0.4) is 0 Å². The monoisotopic (exact) mass is 221 g/mol. The van der Waals surface area contributed by atoms with Crippen LogP contribution in [0.15, 0.2) is 12.1 Å². The van der Waals surface area contributed by atoms with Crippen LogP contribution in [0.1, 0.15) is 25.0 Å². The maximum absolute atomic E-state index is 5.38. The van der Waals surface area contributed by atoms with Gasteiger partial charge in [0.2, 0.25) is 6.79 Å². The lowest BCUT2D eigenvalue weighted by atomic mass is 10.0. The Morgan fingerprint density at radius 3 is 2.62 bits per heavy atom. The van der Waals surface area contributed by atoms with Gasteiger partial charge in [-0.15, -0.1) is 0 Å². The van der Waals surface area contributed by atoms with E-state index in [9.17, 15) is 0 Å². The number of rotatable bonds is 4. The van der Waals surface area contributed by atoms with Crippen molar-refractivity contribution in [2.75, 3.05) is 13.3 Å². The molecule has 1 N–H and O–H groups in total. The van der Waals surface area contributed by atoms with E-state index in [-0.39, 0.29) is 0 Å². The number of hydrogen-bond donors (Lipinski definition) is 1. The molecule has 2 rings (SSSR count). The van der Waals surface area contributed by atoms with Crippen molar-refractivity contribution >= 4 is 0 Å². The standard InChI is InChI=1S/C13H19NO2/c1-9(2)14-5-4-11-7-13-12(6-10(11)3)15-8-16-13/h6-7,9,14H,4-5,8H2,1-3H3. The van der Waals surface area contributed by atoms with Crippen molar-refractivity contribution in [1.82, 2.24) is 5.32 Å². The number of aryl methyl sites for hydroxylation is 1. The van der Waals surface area contributed by atoms with Crippen LogP contribution in [0.5, 0.6) is 11.5 Å². The summed E-state index contributed by atoms with van der Waals surface area (Å²) >= 11 is 0. The second-order valence-corrected chi connectivity index (χ2v) is 4.49. The van der Waals surface area contributed by atoms with Gasteiger partial charge in [-0.05, 0) is 43.1 Å². The molecule has 3 nitrogen and oxygen atoms in total. The molecule has 1 aliphatic heterocycles. The summed E-state index contributed by atoms with van der Waals surface area (Å²) in [6.07, 6.45) is 1.03. The lowest BCUT2D eigenvalue weighted by molar-refractivity contribution is 0.174. The summed E-state index contributed by atoms with van der Waals surface area (Å²) in [5.74, 6) is 1.75. The first-order valence-electron chi connectivity index (χ1n) is 5.79. The van der Waals surface area contributed by atoms with E-state index in [0.717, 1.165) is 24.5 Å². The highest BCUT2D eigenvalue weighted by Gasteiger charge is 2.15. The summed E-state index contributed by atoms with van der Waals surface area (Å²) in [5.41, 5.74) is 2.60. The van der Waals surface area contributed by atoms with E-state index in [1.165, 1.54) is 11.1 Å². The van der Waals surface area contributed by atoms with Gasteiger partial charge >= 0.3 is 0 Å². The maximum Gasteiger partial charge on any atom is 0.231 e. The summed E-state index contributed by atoms with van der Waals surface area (Å²) in [6, 6.07) is 4.70.